The van der Waals surface area contributed by atoms with E-state index in [4.69, 9.17) is 0 Å². The van der Waals surface area contributed by atoms with Crippen LogP contribution in [0, 0.1) is 0 Å². The second-order valence-electron chi connectivity index (χ2n) is 4.43. The molecular formula is C14H17N3O2. The van der Waals surface area contributed by atoms with Crippen molar-refractivity contribution in [1.82, 2.24) is 15.1 Å². The van der Waals surface area contributed by atoms with Gasteiger partial charge in [0.25, 0.3) is 0 Å². The van der Waals surface area contributed by atoms with Crippen molar-refractivity contribution < 1.29 is 9.90 Å². The number of phenols is 1. The molecule has 0 aliphatic carbocycles. The molecule has 0 atom stereocenters. The van der Waals surface area contributed by atoms with Crippen molar-refractivity contribution >= 4 is 5.91 Å². The molecule has 0 aliphatic rings. The first-order valence-corrected chi connectivity index (χ1v) is 6.16. The summed E-state index contributed by atoms with van der Waals surface area (Å²) in [5, 5.41) is 16.5. The van der Waals surface area contributed by atoms with Crippen LogP contribution in [0.2, 0.25) is 0 Å². The lowest BCUT2D eigenvalue weighted by atomic mass is 10.1. The van der Waals surface area contributed by atoms with Crippen molar-refractivity contribution in [3.63, 3.8) is 0 Å². The van der Waals surface area contributed by atoms with Crippen LogP contribution in [0.3, 0.4) is 0 Å². The fraction of sp³-hybridized carbons (Fsp3) is 0.286. The van der Waals surface area contributed by atoms with Gasteiger partial charge in [0.05, 0.1) is 12.6 Å². The lowest BCUT2D eigenvalue weighted by molar-refractivity contribution is -0.120. The molecule has 5 heteroatoms. The zero-order valence-corrected chi connectivity index (χ0v) is 10.8. The first kappa shape index (κ1) is 13.1. The molecule has 5 nitrogen and oxygen atoms in total. The third kappa shape index (κ3) is 3.84. The van der Waals surface area contributed by atoms with E-state index >= 15 is 0 Å². The highest BCUT2D eigenvalue weighted by atomic mass is 16.3. The van der Waals surface area contributed by atoms with E-state index < -0.39 is 0 Å². The van der Waals surface area contributed by atoms with E-state index in [0.717, 1.165) is 12.0 Å². The van der Waals surface area contributed by atoms with Gasteiger partial charge in [-0.1, -0.05) is 18.2 Å². The number of nitrogens with one attached hydrogen (secondary N) is 1. The molecule has 0 saturated heterocycles. The largest absolute Gasteiger partial charge is 0.508 e. The predicted octanol–water partition coefficient (Wildman–Crippen LogP) is 1.03. The Morgan fingerprint density at radius 3 is 2.89 bits per heavy atom. The molecule has 1 aromatic heterocycles. The molecule has 0 aliphatic heterocycles. The zero-order valence-electron chi connectivity index (χ0n) is 10.8. The van der Waals surface area contributed by atoms with Crippen LogP contribution in [0.5, 0.6) is 5.75 Å². The van der Waals surface area contributed by atoms with E-state index in [9.17, 15) is 9.90 Å². The fourth-order valence-electron chi connectivity index (χ4n) is 1.84. The van der Waals surface area contributed by atoms with Gasteiger partial charge in [0.2, 0.25) is 5.91 Å². The van der Waals surface area contributed by atoms with Crippen molar-refractivity contribution in [3.05, 3.63) is 47.8 Å². The van der Waals surface area contributed by atoms with Gasteiger partial charge >= 0.3 is 0 Å². The number of rotatable bonds is 5. The second kappa shape index (κ2) is 6.04. The number of para-hydroxylation sites is 1. The molecule has 0 spiro atoms. The van der Waals surface area contributed by atoms with Crippen LogP contribution in [0.1, 0.15) is 11.1 Å². The average molecular weight is 259 g/mol. The van der Waals surface area contributed by atoms with Gasteiger partial charge in [-0.15, -0.1) is 0 Å². The van der Waals surface area contributed by atoms with E-state index in [0.29, 0.717) is 12.1 Å². The van der Waals surface area contributed by atoms with Crippen LogP contribution in [0.4, 0.5) is 0 Å². The van der Waals surface area contributed by atoms with Crippen LogP contribution in [-0.4, -0.2) is 27.3 Å². The summed E-state index contributed by atoms with van der Waals surface area (Å²) in [5.74, 6) is 0.0651. The maximum Gasteiger partial charge on any atom is 0.224 e. The molecule has 0 radical (unpaired) electrons. The molecule has 1 heterocycles. The van der Waals surface area contributed by atoms with Gasteiger partial charge in [-0.2, -0.15) is 5.10 Å². The molecule has 2 rings (SSSR count). The maximum atomic E-state index is 11.7. The van der Waals surface area contributed by atoms with Crippen molar-refractivity contribution in [2.24, 2.45) is 7.05 Å². The first-order valence-electron chi connectivity index (χ1n) is 6.16. The third-order valence-corrected chi connectivity index (χ3v) is 2.84. The van der Waals surface area contributed by atoms with E-state index in [1.165, 1.54) is 0 Å². The SMILES string of the molecule is Cn1cc(CCNC(=O)Cc2ccccc2O)cn1. The summed E-state index contributed by atoms with van der Waals surface area (Å²) in [4.78, 5) is 11.7. The molecule has 2 N–H and O–H groups in total. The summed E-state index contributed by atoms with van der Waals surface area (Å²) in [6.07, 6.45) is 4.66. The summed E-state index contributed by atoms with van der Waals surface area (Å²) in [6.45, 7) is 0.568. The number of aromatic nitrogens is 2. The zero-order chi connectivity index (χ0) is 13.7. The molecule has 0 saturated carbocycles. The summed E-state index contributed by atoms with van der Waals surface area (Å²) < 4.78 is 1.74. The molecule has 19 heavy (non-hydrogen) atoms. The molecular weight excluding hydrogens is 242 g/mol. The topological polar surface area (TPSA) is 67.2 Å². The van der Waals surface area contributed by atoms with Crippen LogP contribution < -0.4 is 5.32 Å². The van der Waals surface area contributed by atoms with Gasteiger partial charge < -0.3 is 10.4 Å². The highest BCUT2D eigenvalue weighted by Crippen LogP contribution is 2.15. The quantitative estimate of drug-likeness (QED) is 0.842. The minimum absolute atomic E-state index is 0.0922. The van der Waals surface area contributed by atoms with Gasteiger partial charge in [0, 0.05) is 25.4 Å². The Labute approximate surface area is 111 Å². The van der Waals surface area contributed by atoms with Gasteiger partial charge in [0.15, 0.2) is 0 Å². The lowest BCUT2D eigenvalue weighted by Crippen LogP contribution is -2.27. The van der Waals surface area contributed by atoms with E-state index in [1.807, 2.05) is 13.2 Å². The maximum absolute atomic E-state index is 11.7. The Bertz CT molecular complexity index is 563. The molecule has 1 aromatic carbocycles. The van der Waals surface area contributed by atoms with Gasteiger partial charge in [-0.05, 0) is 18.1 Å². The summed E-state index contributed by atoms with van der Waals surface area (Å²) in [7, 11) is 1.86. The Hall–Kier alpha value is -2.30. The van der Waals surface area contributed by atoms with Gasteiger partial charge in [-0.25, -0.2) is 0 Å². The summed E-state index contributed by atoms with van der Waals surface area (Å²) in [6, 6.07) is 6.87. The Kier molecular flexibility index (Phi) is 4.18. The third-order valence-electron chi connectivity index (χ3n) is 2.84. The number of hydrogen-bond acceptors (Lipinski definition) is 3. The van der Waals surface area contributed by atoms with E-state index in [2.05, 4.69) is 10.4 Å². The summed E-state index contributed by atoms with van der Waals surface area (Å²) in [5.41, 5.74) is 1.73. The number of nitrogens with zero attached hydrogens (tertiary/aromatic N) is 2. The molecule has 1 amide bonds. The number of carbonyl (C=O) groups excluding carboxylic acids is 1. The van der Waals surface area contributed by atoms with Crippen molar-refractivity contribution in [2.75, 3.05) is 6.54 Å². The molecule has 100 valence electrons. The average Bonchev–Trinajstić information content (AvgIpc) is 2.78. The van der Waals surface area contributed by atoms with Crippen LogP contribution >= 0.6 is 0 Å². The standard InChI is InChI=1S/C14H17N3O2/c1-17-10-11(9-16-17)6-7-15-14(19)8-12-4-2-3-5-13(12)18/h2-5,9-10,18H,6-8H2,1H3,(H,15,19). The molecule has 0 bridgehead atoms. The lowest BCUT2D eigenvalue weighted by Gasteiger charge is -2.05. The number of carbonyl (C=O) groups is 1. The molecule has 0 unspecified atom stereocenters. The number of aryl methyl sites for hydroxylation is 1. The van der Waals surface area contributed by atoms with Gasteiger partial charge in [0.1, 0.15) is 5.75 Å². The van der Waals surface area contributed by atoms with E-state index in [1.54, 1.807) is 35.1 Å². The number of aromatic hydroxyl groups is 1. The highest BCUT2D eigenvalue weighted by molar-refractivity contribution is 5.79. The van der Waals surface area contributed by atoms with Gasteiger partial charge in [-0.3, -0.25) is 9.48 Å². The minimum Gasteiger partial charge on any atom is -0.508 e. The monoisotopic (exact) mass is 259 g/mol. The smallest absolute Gasteiger partial charge is 0.224 e. The van der Waals surface area contributed by atoms with Crippen molar-refractivity contribution in [2.45, 2.75) is 12.8 Å². The first-order chi connectivity index (χ1) is 9.15. The van der Waals surface area contributed by atoms with Crippen LogP contribution in [-0.2, 0) is 24.7 Å². The number of benzene rings is 1. The van der Waals surface area contributed by atoms with E-state index in [-0.39, 0.29) is 18.1 Å². The number of amides is 1. The van der Waals surface area contributed by atoms with Crippen LogP contribution in [0.15, 0.2) is 36.7 Å². The number of hydrogen-bond donors (Lipinski definition) is 2. The van der Waals surface area contributed by atoms with Crippen LogP contribution in [0.25, 0.3) is 0 Å². The molecule has 2 aromatic rings. The second-order valence-corrected chi connectivity index (χ2v) is 4.43. The predicted molar refractivity (Wildman–Crippen MR) is 71.7 cm³/mol. The van der Waals surface area contributed by atoms with Crippen molar-refractivity contribution in [3.8, 4) is 5.75 Å². The van der Waals surface area contributed by atoms with Crippen molar-refractivity contribution in [1.29, 1.82) is 0 Å². The Morgan fingerprint density at radius 1 is 1.42 bits per heavy atom. The fourth-order valence-corrected chi connectivity index (χ4v) is 1.84. The normalized spacial score (nSPS) is 10.4. The number of phenolic OH excluding ortho intramolecular Hbond substituents is 1. The molecule has 0 fully saturated rings. The Morgan fingerprint density at radius 2 is 2.21 bits per heavy atom. The highest BCUT2D eigenvalue weighted by Gasteiger charge is 2.06. The Balaban J connectivity index is 1.77. The minimum atomic E-state index is -0.0922. The summed E-state index contributed by atoms with van der Waals surface area (Å²) >= 11 is 0.